The van der Waals surface area contributed by atoms with Gasteiger partial charge in [0, 0.05) is 29.8 Å². The van der Waals surface area contributed by atoms with Crippen LogP contribution in [0.4, 0.5) is 0 Å². The van der Waals surface area contributed by atoms with E-state index in [1.54, 1.807) is 33.0 Å². The lowest BCUT2D eigenvalue weighted by atomic mass is 9.88. The van der Waals surface area contributed by atoms with Crippen molar-refractivity contribution in [1.82, 2.24) is 14.6 Å². The molecule has 0 aliphatic carbocycles. The summed E-state index contributed by atoms with van der Waals surface area (Å²) in [7, 11) is 0. The van der Waals surface area contributed by atoms with Crippen LogP contribution in [0, 0.1) is 5.41 Å². The number of benzene rings is 1. The second kappa shape index (κ2) is 7.45. The van der Waals surface area contributed by atoms with Crippen LogP contribution in [0.25, 0.3) is 0 Å². The quantitative estimate of drug-likeness (QED) is 0.727. The molecule has 0 spiro atoms. The molecule has 25 heavy (non-hydrogen) atoms. The SMILES string of the molecule is CC(=O)N(Oc1ccc(Cl)cc1Cl)C(C(=O)C(C)(C)C)n1ccnc1. The van der Waals surface area contributed by atoms with Gasteiger partial charge in [0.05, 0.1) is 11.3 Å². The van der Waals surface area contributed by atoms with Crippen molar-refractivity contribution in [2.24, 2.45) is 5.41 Å². The van der Waals surface area contributed by atoms with Crippen LogP contribution in [0.2, 0.25) is 10.0 Å². The van der Waals surface area contributed by atoms with Gasteiger partial charge in [-0.25, -0.2) is 4.98 Å². The van der Waals surface area contributed by atoms with Crippen LogP contribution in [0.5, 0.6) is 5.75 Å². The normalized spacial score (nSPS) is 12.6. The number of hydrogen-bond donors (Lipinski definition) is 0. The number of aromatic nitrogens is 2. The first-order valence-electron chi connectivity index (χ1n) is 7.56. The highest BCUT2D eigenvalue weighted by molar-refractivity contribution is 6.35. The van der Waals surface area contributed by atoms with E-state index >= 15 is 0 Å². The monoisotopic (exact) mass is 383 g/mol. The molecule has 0 saturated heterocycles. The Bertz CT molecular complexity index is 770. The molecule has 0 bridgehead atoms. The summed E-state index contributed by atoms with van der Waals surface area (Å²) in [5.74, 6) is -0.457. The largest absolute Gasteiger partial charge is 0.373 e. The van der Waals surface area contributed by atoms with Crippen LogP contribution >= 0.6 is 23.2 Å². The minimum absolute atomic E-state index is 0.216. The van der Waals surface area contributed by atoms with Crippen molar-refractivity contribution in [3.63, 3.8) is 0 Å². The van der Waals surface area contributed by atoms with Crippen LogP contribution in [0.15, 0.2) is 36.9 Å². The minimum Gasteiger partial charge on any atom is -0.373 e. The number of hydrogen-bond acceptors (Lipinski definition) is 4. The first-order valence-corrected chi connectivity index (χ1v) is 8.31. The number of Topliss-reactive ketones (excluding diaryl/α,β-unsaturated/α-hetero) is 1. The van der Waals surface area contributed by atoms with Crippen molar-refractivity contribution in [3.05, 3.63) is 47.0 Å². The molecule has 2 rings (SSSR count). The van der Waals surface area contributed by atoms with Crippen LogP contribution in [-0.4, -0.2) is 26.3 Å². The number of imidazole rings is 1. The average Bonchev–Trinajstić information content (AvgIpc) is 3.01. The highest BCUT2D eigenvalue weighted by Gasteiger charge is 2.38. The highest BCUT2D eigenvalue weighted by Crippen LogP contribution is 2.32. The molecule has 134 valence electrons. The lowest BCUT2D eigenvalue weighted by molar-refractivity contribution is -0.178. The molecule has 0 radical (unpaired) electrons. The lowest BCUT2D eigenvalue weighted by Gasteiger charge is -2.33. The molecule has 0 saturated carbocycles. The molecule has 0 N–H and O–H groups in total. The van der Waals surface area contributed by atoms with Crippen LogP contribution < -0.4 is 4.84 Å². The topological polar surface area (TPSA) is 64.4 Å². The van der Waals surface area contributed by atoms with Gasteiger partial charge in [0.2, 0.25) is 6.17 Å². The van der Waals surface area contributed by atoms with E-state index in [1.807, 2.05) is 0 Å². The zero-order chi connectivity index (χ0) is 18.8. The van der Waals surface area contributed by atoms with Crippen LogP contribution in [-0.2, 0) is 9.59 Å². The second-order valence-corrected chi connectivity index (χ2v) is 7.35. The summed E-state index contributed by atoms with van der Waals surface area (Å²) in [6.07, 6.45) is 3.55. The first kappa shape index (κ1) is 19.3. The molecule has 0 aliphatic heterocycles. The smallest absolute Gasteiger partial charge is 0.254 e. The van der Waals surface area contributed by atoms with E-state index in [4.69, 9.17) is 28.0 Å². The minimum atomic E-state index is -1.02. The predicted octanol–water partition coefficient (Wildman–Crippen LogP) is 4.15. The van der Waals surface area contributed by atoms with Crippen LogP contribution in [0.3, 0.4) is 0 Å². The number of carbonyl (C=O) groups is 2. The summed E-state index contributed by atoms with van der Waals surface area (Å²) in [5.41, 5.74) is -0.713. The van der Waals surface area contributed by atoms with Crippen molar-refractivity contribution in [2.75, 3.05) is 0 Å². The molecule has 1 atom stereocenters. The standard InChI is InChI=1S/C17H19Cl2N3O3/c1-11(23)22(25-14-6-5-12(18)9-13(14)19)16(15(24)17(2,3)4)21-8-7-20-10-21/h5-10,16H,1-4H3. The summed E-state index contributed by atoms with van der Waals surface area (Å²) in [4.78, 5) is 34.8. The number of rotatable bonds is 5. The van der Waals surface area contributed by atoms with Gasteiger partial charge in [0.15, 0.2) is 11.5 Å². The van der Waals surface area contributed by atoms with Gasteiger partial charge in [-0.05, 0) is 18.2 Å². The number of carbonyl (C=O) groups excluding carboxylic acids is 2. The third kappa shape index (κ3) is 4.52. The van der Waals surface area contributed by atoms with Gasteiger partial charge in [0.1, 0.15) is 0 Å². The summed E-state index contributed by atoms with van der Waals surface area (Å²) >= 11 is 12.0. The molecule has 1 unspecified atom stereocenters. The Morgan fingerprint density at radius 2 is 1.96 bits per heavy atom. The zero-order valence-corrected chi connectivity index (χ0v) is 15.9. The number of hydroxylamine groups is 2. The number of amides is 1. The molecular weight excluding hydrogens is 365 g/mol. The van der Waals surface area contributed by atoms with Gasteiger partial charge in [-0.1, -0.05) is 44.0 Å². The van der Waals surface area contributed by atoms with E-state index in [-0.39, 0.29) is 16.6 Å². The fourth-order valence-corrected chi connectivity index (χ4v) is 2.55. The molecular formula is C17H19Cl2N3O3. The predicted molar refractivity (Wildman–Crippen MR) is 95.3 cm³/mol. The summed E-state index contributed by atoms with van der Waals surface area (Å²) in [6.45, 7) is 6.62. The van der Waals surface area contributed by atoms with Gasteiger partial charge in [-0.2, -0.15) is 0 Å². The first-order chi connectivity index (χ1) is 11.6. The molecule has 8 heteroatoms. The third-order valence-electron chi connectivity index (χ3n) is 3.40. The van der Waals surface area contributed by atoms with Gasteiger partial charge in [-0.15, -0.1) is 5.06 Å². The molecule has 2 aromatic rings. The molecule has 0 fully saturated rings. The van der Waals surface area contributed by atoms with Crippen molar-refractivity contribution in [1.29, 1.82) is 0 Å². The fraction of sp³-hybridized carbons (Fsp3) is 0.353. The molecule has 1 aromatic carbocycles. The van der Waals surface area contributed by atoms with Gasteiger partial charge < -0.3 is 9.40 Å². The van der Waals surface area contributed by atoms with Crippen molar-refractivity contribution in [2.45, 2.75) is 33.9 Å². The Morgan fingerprint density at radius 1 is 1.28 bits per heavy atom. The van der Waals surface area contributed by atoms with Crippen molar-refractivity contribution < 1.29 is 14.4 Å². The maximum absolute atomic E-state index is 13.0. The molecule has 6 nitrogen and oxygen atoms in total. The second-order valence-electron chi connectivity index (χ2n) is 6.51. The van der Waals surface area contributed by atoms with Gasteiger partial charge >= 0.3 is 0 Å². The summed E-state index contributed by atoms with van der Waals surface area (Å²) < 4.78 is 1.51. The van der Waals surface area contributed by atoms with E-state index in [1.165, 1.54) is 36.1 Å². The fourth-order valence-electron chi connectivity index (χ4n) is 2.11. The Labute approximate surface area is 156 Å². The third-order valence-corrected chi connectivity index (χ3v) is 3.93. The van der Waals surface area contributed by atoms with Crippen LogP contribution in [0.1, 0.15) is 33.9 Å². The van der Waals surface area contributed by atoms with Gasteiger partial charge in [0.25, 0.3) is 5.91 Å². The molecule has 0 aliphatic rings. The lowest BCUT2D eigenvalue weighted by Crippen LogP contribution is -2.46. The van der Waals surface area contributed by atoms with E-state index in [0.29, 0.717) is 5.02 Å². The number of ketones is 1. The Hall–Kier alpha value is -2.05. The van der Waals surface area contributed by atoms with Crippen molar-refractivity contribution in [3.8, 4) is 5.75 Å². The number of halogens is 2. The average molecular weight is 384 g/mol. The summed E-state index contributed by atoms with van der Waals surface area (Å²) in [6, 6.07) is 4.61. The maximum atomic E-state index is 13.0. The molecule has 1 amide bonds. The van der Waals surface area contributed by atoms with E-state index in [2.05, 4.69) is 4.98 Å². The van der Waals surface area contributed by atoms with Crippen molar-refractivity contribution >= 4 is 34.9 Å². The Kier molecular flexibility index (Phi) is 5.75. The Morgan fingerprint density at radius 3 is 2.44 bits per heavy atom. The molecule has 1 heterocycles. The number of nitrogens with zero attached hydrogens (tertiary/aromatic N) is 3. The maximum Gasteiger partial charge on any atom is 0.254 e. The highest BCUT2D eigenvalue weighted by atomic mass is 35.5. The zero-order valence-electron chi connectivity index (χ0n) is 14.4. The van der Waals surface area contributed by atoms with E-state index < -0.39 is 17.5 Å². The summed E-state index contributed by atoms with van der Waals surface area (Å²) in [5, 5.41) is 1.65. The van der Waals surface area contributed by atoms with Gasteiger partial charge in [-0.3, -0.25) is 9.59 Å². The van der Waals surface area contributed by atoms with E-state index in [0.717, 1.165) is 5.06 Å². The Balaban J connectivity index is 2.46. The molecule has 1 aromatic heterocycles. The van der Waals surface area contributed by atoms with E-state index in [9.17, 15) is 9.59 Å².